The number of hydrogen-bond donors (Lipinski definition) is 4. The lowest BCUT2D eigenvalue weighted by Gasteiger charge is -2.13. The summed E-state index contributed by atoms with van der Waals surface area (Å²) in [4.78, 5) is 28.1. The van der Waals surface area contributed by atoms with Crippen molar-refractivity contribution in [2.75, 3.05) is 6.61 Å². The van der Waals surface area contributed by atoms with Crippen molar-refractivity contribution in [1.29, 1.82) is 0 Å². The van der Waals surface area contributed by atoms with E-state index in [0.29, 0.717) is 0 Å². The van der Waals surface area contributed by atoms with E-state index in [9.17, 15) is 24.7 Å². The summed E-state index contributed by atoms with van der Waals surface area (Å²) >= 11 is 0. The van der Waals surface area contributed by atoms with Gasteiger partial charge in [0.2, 0.25) is 0 Å². The van der Waals surface area contributed by atoms with Crippen LogP contribution >= 0.6 is 7.82 Å². The number of aliphatic hydroxyl groups is 2. The molecule has 0 aliphatic carbocycles. The fourth-order valence-corrected chi connectivity index (χ4v) is 2.40. The number of carbonyl (C=O) groups excluding carboxylic acids is 1. The first-order valence-corrected chi connectivity index (χ1v) is 7.66. The van der Waals surface area contributed by atoms with E-state index in [2.05, 4.69) is 4.52 Å². The molecule has 0 radical (unpaired) electrons. The Balaban J connectivity index is 2.14. The Bertz CT molecular complexity index is 603. The van der Waals surface area contributed by atoms with Crippen molar-refractivity contribution in [2.45, 2.75) is 24.5 Å². The minimum absolute atomic E-state index is 0.164. The van der Waals surface area contributed by atoms with Gasteiger partial charge in [0.15, 0.2) is 18.5 Å². The van der Waals surface area contributed by atoms with E-state index in [1.807, 2.05) is 0 Å². The summed E-state index contributed by atoms with van der Waals surface area (Å²) < 4.78 is 21.4. The fourth-order valence-electron chi connectivity index (χ4n) is 2.06. The van der Waals surface area contributed by atoms with Gasteiger partial charge >= 0.3 is 7.82 Å². The van der Waals surface area contributed by atoms with Gasteiger partial charge in [-0.25, -0.2) is 4.57 Å². The van der Waals surface area contributed by atoms with Gasteiger partial charge in [0.1, 0.15) is 12.2 Å². The molecule has 1 aromatic heterocycles. The van der Waals surface area contributed by atoms with Crippen molar-refractivity contribution in [3.63, 3.8) is 0 Å². The summed E-state index contributed by atoms with van der Waals surface area (Å²) in [6.45, 7) is -0.639. The molecule has 10 nitrogen and oxygen atoms in total. The van der Waals surface area contributed by atoms with Crippen molar-refractivity contribution in [3.05, 3.63) is 30.1 Å². The number of phosphoric acid groups is 1. The number of aliphatic hydroxyl groups excluding tert-OH is 2. The monoisotopic (exact) mass is 335 g/mol. The summed E-state index contributed by atoms with van der Waals surface area (Å²) in [5, 5.41) is 30.6. The second-order valence-electron chi connectivity index (χ2n) is 4.66. The van der Waals surface area contributed by atoms with Crippen LogP contribution in [0, 0.1) is 0 Å². The van der Waals surface area contributed by atoms with Crippen molar-refractivity contribution < 1.29 is 48.3 Å². The van der Waals surface area contributed by atoms with E-state index in [0.717, 1.165) is 6.20 Å². The zero-order valence-corrected chi connectivity index (χ0v) is 11.9. The van der Waals surface area contributed by atoms with Crippen LogP contribution in [-0.4, -0.2) is 50.9 Å². The molecule has 0 amide bonds. The predicted molar refractivity (Wildman–Crippen MR) is 64.9 cm³/mol. The van der Waals surface area contributed by atoms with Gasteiger partial charge in [-0.15, -0.1) is 0 Å². The third kappa shape index (κ3) is 3.87. The van der Waals surface area contributed by atoms with E-state index in [1.165, 1.54) is 22.9 Å². The van der Waals surface area contributed by atoms with Crippen LogP contribution in [0.2, 0.25) is 0 Å². The molecule has 0 bridgehead atoms. The Morgan fingerprint density at radius 3 is 2.68 bits per heavy atom. The lowest BCUT2D eigenvalue weighted by atomic mass is 10.1. The zero-order chi connectivity index (χ0) is 16.5. The standard InChI is InChI=1S/C11H14NO9P/c13-8-7(5-20-22(17,18)19)21-10(9(8)14)12-3-1-2-6(4-12)11(15)16/h1-4,7-10,13-14H,5H2,(H2-,15,16,17,18,19)/t7-,8+,9-,10-/m1/s1. The molecule has 22 heavy (non-hydrogen) atoms. The summed E-state index contributed by atoms with van der Waals surface area (Å²) in [5.74, 6) is -1.43. The Labute approximate surface area is 124 Å². The average Bonchev–Trinajstić information content (AvgIpc) is 2.72. The van der Waals surface area contributed by atoms with E-state index < -0.39 is 44.9 Å². The number of nitrogens with zero attached hydrogens (tertiary/aromatic N) is 1. The quantitative estimate of drug-likeness (QED) is 0.326. The first kappa shape index (κ1) is 17.0. The van der Waals surface area contributed by atoms with Crippen molar-refractivity contribution in [3.8, 4) is 0 Å². The molecule has 2 heterocycles. The Kier molecular flexibility index (Phi) is 4.93. The maximum atomic E-state index is 10.8. The third-order valence-corrected chi connectivity index (χ3v) is 3.58. The van der Waals surface area contributed by atoms with Crippen LogP contribution in [-0.2, 0) is 13.8 Å². The number of hydrogen-bond acceptors (Lipinski definition) is 7. The first-order valence-electron chi connectivity index (χ1n) is 6.13. The van der Waals surface area contributed by atoms with Gasteiger partial charge in [-0.2, -0.15) is 4.57 Å². The van der Waals surface area contributed by atoms with E-state index >= 15 is 0 Å². The minimum atomic E-state index is -4.74. The molecule has 2 rings (SSSR count). The summed E-state index contributed by atoms with van der Waals surface area (Å²) in [6, 6.07) is 2.66. The van der Waals surface area contributed by atoms with Crippen LogP contribution in [0.1, 0.15) is 16.6 Å². The van der Waals surface area contributed by atoms with Gasteiger partial charge in [-0.1, -0.05) is 0 Å². The summed E-state index contributed by atoms with van der Waals surface area (Å²) in [6.07, 6.45) is -2.68. The number of carboxylic acids is 1. The summed E-state index contributed by atoms with van der Waals surface area (Å²) in [7, 11) is -4.74. The number of aromatic carboxylic acids is 1. The highest BCUT2D eigenvalue weighted by Gasteiger charge is 2.48. The number of carbonyl (C=O) groups is 1. The Morgan fingerprint density at radius 2 is 2.09 bits per heavy atom. The van der Waals surface area contributed by atoms with Crippen LogP contribution in [0.3, 0.4) is 0 Å². The molecule has 1 fully saturated rings. The molecule has 0 unspecified atom stereocenters. The molecule has 1 aliphatic heterocycles. The Morgan fingerprint density at radius 1 is 1.41 bits per heavy atom. The van der Waals surface area contributed by atoms with Gasteiger partial charge in [-0.3, -0.25) is 4.52 Å². The minimum Gasteiger partial charge on any atom is -0.545 e. The van der Waals surface area contributed by atoms with Crippen molar-refractivity contribution in [2.24, 2.45) is 0 Å². The Hall–Kier alpha value is -1.39. The van der Waals surface area contributed by atoms with Gasteiger partial charge in [-0.05, 0) is 6.07 Å². The van der Waals surface area contributed by atoms with E-state index in [4.69, 9.17) is 14.5 Å². The van der Waals surface area contributed by atoms with Crippen LogP contribution in [0.5, 0.6) is 0 Å². The molecule has 11 heteroatoms. The van der Waals surface area contributed by atoms with Gasteiger partial charge in [0.25, 0.3) is 6.23 Å². The molecule has 4 N–H and O–H groups in total. The van der Waals surface area contributed by atoms with Crippen LogP contribution in [0.25, 0.3) is 0 Å². The van der Waals surface area contributed by atoms with Gasteiger partial charge in [0.05, 0.1) is 18.1 Å². The molecule has 0 aromatic carbocycles. The van der Waals surface area contributed by atoms with E-state index in [1.54, 1.807) is 0 Å². The average molecular weight is 335 g/mol. The number of aromatic nitrogens is 1. The number of ether oxygens (including phenoxy) is 1. The SMILES string of the molecule is O=C([O-])c1ccc[n+]([C@@H]2O[C@H](COP(=O)(O)O)[C@H](O)[C@H]2O)c1. The van der Waals surface area contributed by atoms with Crippen LogP contribution in [0.15, 0.2) is 24.5 Å². The second-order valence-corrected chi connectivity index (χ2v) is 5.90. The lowest BCUT2D eigenvalue weighted by molar-refractivity contribution is -0.765. The number of phosphoric ester groups is 1. The highest BCUT2D eigenvalue weighted by atomic mass is 31.2. The third-order valence-electron chi connectivity index (χ3n) is 3.10. The highest BCUT2D eigenvalue weighted by Crippen LogP contribution is 2.37. The van der Waals surface area contributed by atoms with Gasteiger partial charge < -0.3 is 34.6 Å². The molecule has 1 aliphatic rings. The molecule has 1 aromatic rings. The number of carboxylic acid groups (broad SMARTS) is 1. The largest absolute Gasteiger partial charge is 0.545 e. The first-order chi connectivity index (χ1) is 10.2. The second kappa shape index (κ2) is 6.39. The molecule has 0 spiro atoms. The molecular weight excluding hydrogens is 321 g/mol. The molecular formula is C11H14NO9P. The van der Waals surface area contributed by atoms with Crippen LogP contribution < -0.4 is 9.67 Å². The summed E-state index contributed by atoms with van der Waals surface area (Å²) in [5.41, 5.74) is -0.164. The molecule has 1 saturated heterocycles. The van der Waals surface area contributed by atoms with Crippen LogP contribution in [0.4, 0.5) is 0 Å². The number of rotatable bonds is 5. The predicted octanol–water partition coefficient (Wildman–Crippen LogP) is -2.93. The lowest BCUT2D eigenvalue weighted by Crippen LogP contribution is -2.46. The van der Waals surface area contributed by atoms with Crippen molar-refractivity contribution >= 4 is 13.8 Å². The molecule has 122 valence electrons. The molecule has 4 atom stereocenters. The normalized spacial score (nSPS) is 28.7. The fraction of sp³-hybridized carbons (Fsp3) is 0.455. The smallest absolute Gasteiger partial charge is 0.469 e. The maximum absolute atomic E-state index is 10.8. The molecule has 0 saturated carbocycles. The number of pyridine rings is 1. The highest BCUT2D eigenvalue weighted by molar-refractivity contribution is 7.46. The maximum Gasteiger partial charge on any atom is 0.469 e. The van der Waals surface area contributed by atoms with Gasteiger partial charge in [0, 0.05) is 6.07 Å². The van der Waals surface area contributed by atoms with E-state index in [-0.39, 0.29) is 5.56 Å². The van der Waals surface area contributed by atoms with Crippen molar-refractivity contribution in [1.82, 2.24) is 0 Å². The zero-order valence-electron chi connectivity index (χ0n) is 11.1. The topological polar surface area (TPSA) is 160 Å².